The van der Waals surface area contributed by atoms with Crippen LogP contribution in [0, 0.1) is 5.92 Å². The fourth-order valence-corrected chi connectivity index (χ4v) is 4.10. The van der Waals surface area contributed by atoms with E-state index in [4.69, 9.17) is 9.84 Å². The zero-order valence-electron chi connectivity index (χ0n) is 18.2. The second-order valence-corrected chi connectivity index (χ2v) is 8.52. The van der Waals surface area contributed by atoms with Gasteiger partial charge in [-0.25, -0.2) is 0 Å². The Morgan fingerprint density at radius 3 is 2.48 bits per heavy atom. The number of benzene rings is 1. The number of aryl methyl sites for hydroxylation is 1. The van der Waals surface area contributed by atoms with Gasteiger partial charge in [0, 0.05) is 33.1 Å². The van der Waals surface area contributed by atoms with Crippen molar-refractivity contribution in [2.45, 2.75) is 38.1 Å². The molecule has 1 aliphatic carbocycles. The third-order valence-corrected chi connectivity index (χ3v) is 5.80. The molecule has 1 aromatic carbocycles. The van der Waals surface area contributed by atoms with Crippen molar-refractivity contribution in [1.82, 2.24) is 19.6 Å². The predicted molar refractivity (Wildman–Crippen MR) is 115 cm³/mol. The van der Waals surface area contributed by atoms with E-state index >= 15 is 0 Å². The minimum Gasteiger partial charge on any atom is -0.484 e. The van der Waals surface area contributed by atoms with Gasteiger partial charge >= 0.3 is 0 Å². The molecule has 158 valence electrons. The summed E-state index contributed by atoms with van der Waals surface area (Å²) in [6.07, 6.45) is 4.57. The van der Waals surface area contributed by atoms with Crippen LogP contribution >= 0.6 is 0 Å². The first-order valence-electron chi connectivity index (χ1n) is 10.5. The van der Waals surface area contributed by atoms with E-state index in [1.165, 1.54) is 11.4 Å². The summed E-state index contributed by atoms with van der Waals surface area (Å²) in [6.45, 7) is 1.81. The van der Waals surface area contributed by atoms with Crippen LogP contribution in [0.3, 0.4) is 0 Å². The third-order valence-electron chi connectivity index (χ3n) is 5.80. The molecule has 0 saturated heterocycles. The lowest BCUT2D eigenvalue weighted by Gasteiger charge is -2.30. The molecule has 6 heteroatoms. The largest absolute Gasteiger partial charge is 0.484 e. The van der Waals surface area contributed by atoms with E-state index in [0.29, 0.717) is 11.8 Å². The van der Waals surface area contributed by atoms with Crippen LogP contribution in [0.4, 0.5) is 0 Å². The number of ether oxygens (including phenoxy) is 1. The SMILES string of the molecule is CN(C)Cc1cc(C2CCC(CN(C)C(=O)COc3ccccc3)CC2)nn1C. The lowest BCUT2D eigenvalue weighted by molar-refractivity contribution is -0.132. The predicted octanol–water partition coefficient (Wildman–Crippen LogP) is 3.29. The Kier molecular flexibility index (Phi) is 7.31. The highest BCUT2D eigenvalue weighted by atomic mass is 16.5. The van der Waals surface area contributed by atoms with E-state index in [0.717, 1.165) is 44.5 Å². The van der Waals surface area contributed by atoms with E-state index in [1.54, 1.807) is 0 Å². The van der Waals surface area contributed by atoms with Crippen LogP contribution in [-0.4, -0.2) is 59.8 Å². The van der Waals surface area contributed by atoms with Gasteiger partial charge in [-0.3, -0.25) is 9.48 Å². The molecule has 6 nitrogen and oxygen atoms in total. The number of carbonyl (C=O) groups excluding carboxylic acids is 1. The molecule has 29 heavy (non-hydrogen) atoms. The number of likely N-dealkylation sites (N-methyl/N-ethyl adjacent to an activating group) is 1. The molecule has 2 aromatic rings. The van der Waals surface area contributed by atoms with Crippen molar-refractivity contribution in [2.75, 3.05) is 34.3 Å². The van der Waals surface area contributed by atoms with Gasteiger partial charge in [-0.1, -0.05) is 18.2 Å². The molecule has 3 rings (SSSR count). The summed E-state index contributed by atoms with van der Waals surface area (Å²) in [7, 11) is 8.09. The van der Waals surface area contributed by atoms with Gasteiger partial charge in [0.05, 0.1) is 11.4 Å². The van der Waals surface area contributed by atoms with Crippen molar-refractivity contribution in [1.29, 1.82) is 0 Å². The second-order valence-electron chi connectivity index (χ2n) is 8.52. The smallest absolute Gasteiger partial charge is 0.260 e. The topological polar surface area (TPSA) is 50.6 Å². The standard InChI is InChI=1S/C23H34N4O2/c1-25(2)16-20-14-22(24-27(20)4)19-12-10-18(11-13-19)15-26(3)23(28)17-29-21-8-6-5-7-9-21/h5-9,14,18-19H,10-13,15-17H2,1-4H3. The Labute approximate surface area is 174 Å². The molecule has 1 heterocycles. The van der Waals surface area contributed by atoms with Crippen LogP contribution in [0.2, 0.25) is 0 Å². The number of para-hydroxylation sites is 1. The van der Waals surface area contributed by atoms with Crippen LogP contribution in [0.5, 0.6) is 5.75 Å². The maximum absolute atomic E-state index is 12.4. The number of amides is 1. The van der Waals surface area contributed by atoms with E-state index in [-0.39, 0.29) is 12.5 Å². The molecular weight excluding hydrogens is 364 g/mol. The number of rotatable bonds is 8. The highest BCUT2D eigenvalue weighted by Crippen LogP contribution is 2.35. The molecule has 0 radical (unpaired) electrons. The Morgan fingerprint density at radius 1 is 1.14 bits per heavy atom. The number of hydrogen-bond acceptors (Lipinski definition) is 4. The minimum atomic E-state index is 0.0361. The van der Waals surface area contributed by atoms with Crippen molar-refractivity contribution in [3.05, 3.63) is 47.8 Å². The quantitative estimate of drug-likeness (QED) is 0.685. The molecule has 0 N–H and O–H groups in total. The van der Waals surface area contributed by atoms with Crippen LogP contribution in [0.25, 0.3) is 0 Å². The molecule has 1 aliphatic rings. The molecule has 0 atom stereocenters. The highest BCUT2D eigenvalue weighted by molar-refractivity contribution is 5.77. The van der Waals surface area contributed by atoms with Gasteiger partial charge in [-0.05, 0) is 63.9 Å². The van der Waals surface area contributed by atoms with Gasteiger partial charge in [0.1, 0.15) is 5.75 Å². The Bertz CT molecular complexity index is 779. The molecule has 1 amide bonds. The summed E-state index contributed by atoms with van der Waals surface area (Å²) in [6, 6.07) is 11.8. The van der Waals surface area contributed by atoms with Gasteiger partial charge in [0.25, 0.3) is 5.91 Å². The fraction of sp³-hybridized carbons (Fsp3) is 0.565. The minimum absolute atomic E-state index is 0.0361. The maximum Gasteiger partial charge on any atom is 0.260 e. The summed E-state index contributed by atoms with van der Waals surface area (Å²) in [4.78, 5) is 16.4. The fourth-order valence-electron chi connectivity index (χ4n) is 4.10. The third kappa shape index (κ3) is 6.07. The van der Waals surface area contributed by atoms with Crippen molar-refractivity contribution >= 4 is 5.91 Å². The molecule has 1 fully saturated rings. The average Bonchev–Trinajstić information content (AvgIpc) is 3.07. The number of nitrogens with zero attached hydrogens (tertiary/aromatic N) is 4. The summed E-state index contributed by atoms with van der Waals surface area (Å²) in [5, 5.41) is 4.76. The normalized spacial score (nSPS) is 19.3. The van der Waals surface area contributed by atoms with E-state index in [2.05, 4.69) is 25.1 Å². The van der Waals surface area contributed by atoms with E-state index < -0.39 is 0 Å². The lowest BCUT2D eigenvalue weighted by atomic mass is 9.80. The second kappa shape index (κ2) is 9.92. The zero-order chi connectivity index (χ0) is 20.8. The molecule has 1 saturated carbocycles. The summed E-state index contributed by atoms with van der Waals surface area (Å²) in [5.41, 5.74) is 2.49. The first-order chi connectivity index (χ1) is 13.9. The first-order valence-corrected chi connectivity index (χ1v) is 10.5. The number of carbonyl (C=O) groups is 1. The molecule has 0 spiro atoms. The Morgan fingerprint density at radius 2 is 1.83 bits per heavy atom. The van der Waals surface area contributed by atoms with Gasteiger partial charge in [-0.15, -0.1) is 0 Å². The van der Waals surface area contributed by atoms with Gasteiger partial charge < -0.3 is 14.5 Å². The van der Waals surface area contributed by atoms with E-state index in [1.807, 2.05) is 54.0 Å². The highest BCUT2D eigenvalue weighted by Gasteiger charge is 2.26. The molecule has 0 aliphatic heterocycles. The van der Waals surface area contributed by atoms with Crippen molar-refractivity contribution in [3.63, 3.8) is 0 Å². The summed E-state index contributed by atoms with van der Waals surface area (Å²) in [5.74, 6) is 1.87. The first kappa shape index (κ1) is 21.4. The van der Waals surface area contributed by atoms with Crippen LogP contribution < -0.4 is 4.74 Å². The zero-order valence-corrected chi connectivity index (χ0v) is 18.2. The van der Waals surface area contributed by atoms with Gasteiger partial charge in [-0.2, -0.15) is 5.10 Å². The van der Waals surface area contributed by atoms with Crippen molar-refractivity contribution in [2.24, 2.45) is 13.0 Å². The van der Waals surface area contributed by atoms with Crippen LogP contribution in [-0.2, 0) is 18.4 Å². The summed E-state index contributed by atoms with van der Waals surface area (Å²) >= 11 is 0. The average molecular weight is 399 g/mol. The monoisotopic (exact) mass is 398 g/mol. The van der Waals surface area contributed by atoms with E-state index in [9.17, 15) is 4.79 Å². The molecule has 1 aromatic heterocycles. The number of aromatic nitrogens is 2. The Balaban J connectivity index is 1.44. The number of hydrogen-bond donors (Lipinski definition) is 0. The van der Waals surface area contributed by atoms with Crippen molar-refractivity contribution < 1.29 is 9.53 Å². The lowest BCUT2D eigenvalue weighted by Crippen LogP contribution is -2.36. The van der Waals surface area contributed by atoms with Gasteiger partial charge in [0.2, 0.25) is 0 Å². The summed E-state index contributed by atoms with van der Waals surface area (Å²) < 4.78 is 7.60. The molecule has 0 unspecified atom stereocenters. The van der Waals surface area contributed by atoms with Crippen molar-refractivity contribution in [3.8, 4) is 5.75 Å². The maximum atomic E-state index is 12.4. The molecular formula is C23H34N4O2. The van der Waals surface area contributed by atoms with Crippen LogP contribution in [0.1, 0.15) is 43.0 Å². The molecule has 0 bridgehead atoms. The van der Waals surface area contributed by atoms with Gasteiger partial charge in [0.15, 0.2) is 6.61 Å². The Hall–Kier alpha value is -2.34. The van der Waals surface area contributed by atoms with Crippen LogP contribution in [0.15, 0.2) is 36.4 Å².